The zero-order chi connectivity index (χ0) is 22.5. The predicted octanol–water partition coefficient (Wildman–Crippen LogP) is 4.92. The van der Waals surface area contributed by atoms with Gasteiger partial charge in [0.15, 0.2) is 6.04 Å². The Hall–Kier alpha value is -2.66. The summed E-state index contributed by atoms with van der Waals surface area (Å²) in [7, 11) is 0. The second-order valence-electron chi connectivity index (χ2n) is 9.43. The van der Waals surface area contributed by atoms with Crippen LogP contribution in [0, 0.1) is 6.92 Å². The Labute approximate surface area is 179 Å². The molecule has 2 rings (SSSR count). The van der Waals surface area contributed by atoms with Crippen LogP contribution >= 0.6 is 0 Å². The minimum Gasteiger partial charge on any atom is -0.458 e. The summed E-state index contributed by atoms with van der Waals surface area (Å²) in [5.41, 5.74) is 2.66. The highest BCUT2D eigenvalue weighted by Gasteiger charge is 2.29. The van der Waals surface area contributed by atoms with Crippen molar-refractivity contribution in [2.75, 3.05) is 6.61 Å². The van der Waals surface area contributed by atoms with E-state index in [2.05, 4.69) is 11.4 Å². The van der Waals surface area contributed by atoms with Gasteiger partial charge < -0.3 is 14.8 Å². The highest BCUT2D eigenvalue weighted by atomic mass is 16.6. The number of benzene rings is 2. The van der Waals surface area contributed by atoms with Gasteiger partial charge in [0.05, 0.1) is 12.2 Å². The van der Waals surface area contributed by atoms with Gasteiger partial charge in [0, 0.05) is 5.56 Å². The molecule has 0 spiro atoms. The molecule has 0 fully saturated rings. The molecule has 0 heterocycles. The predicted molar refractivity (Wildman–Crippen MR) is 119 cm³/mol. The normalized spacial score (nSPS) is 12.9. The van der Waals surface area contributed by atoms with Crippen LogP contribution in [0.5, 0.6) is 0 Å². The molecule has 0 bridgehead atoms. The maximum atomic E-state index is 12.8. The molecule has 0 unspecified atom stereocenters. The van der Waals surface area contributed by atoms with Crippen LogP contribution in [0.2, 0.25) is 0 Å². The number of aryl methyl sites for hydroxylation is 1. The minimum absolute atomic E-state index is 0.0333. The summed E-state index contributed by atoms with van der Waals surface area (Å²) >= 11 is 0. The Morgan fingerprint density at radius 1 is 0.900 bits per heavy atom. The van der Waals surface area contributed by atoms with Crippen molar-refractivity contribution in [3.05, 3.63) is 59.7 Å². The van der Waals surface area contributed by atoms with Gasteiger partial charge in [0.2, 0.25) is 0 Å². The van der Waals surface area contributed by atoms with Crippen molar-refractivity contribution in [2.24, 2.45) is 0 Å². The van der Waals surface area contributed by atoms with E-state index < -0.39 is 23.2 Å². The average Bonchev–Trinajstić information content (AvgIpc) is 2.63. The number of hydrogen-bond acceptors (Lipinski definition) is 4. The van der Waals surface area contributed by atoms with Crippen LogP contribution in [-0.4, -0.2) is 35.7 Å². The third kappa shape index (κ3) is 7.64. The third-order valence-electron chi connectivity index (χ3n) is 4.18. The topological polar surface area (TPSA) is 64.6 Å². The number of carbonyl (C=O) groups excluding carboxylic acids is 2. The Bertz CT molecular complexity index is 873. The highest BCUT2D eigenvalue weighted by Crippen LogP contribution is 2.21. The molecule has 0 aliphatic rings. The fraction of sp³-hybridized carbons (Fsp3) is 0.440. The van der Waals surface area contributed by atoms with Crippen LogP contribution < -0.4 is 5.32 Å². The fourth-order valence-corrected chi connectivity index (χ4v) is 2.76. The van der Waals surface area contributed by atoms with E-state index in [0.717, 1.165) is 11.1 Å². The first-order chi connectivity index (χ1) is 13.8. The first-order valence-electron chi connectivity index (χ1n) is 10.2. The Morgan fingerprint density at radius 3 is 2.07 bits per heavy atom. The molecule has 0 radical (unpaired) electrons. The molecule has 1 atom stereocenters. The van der Waals surface area contributed by atoms with Gasteiger partial charge in [-0.05, 0) is 71.7 Å². The van der Waals surface area contributed by atoms with E-state index in [4.69, 9.17) is 9.47 Å². The van der Waals surface area contributed by atoms with Crippen molar-refractivity contribution < 1.29 is 19.1 Å². The second kappa shape index (κ2) is 9.43. The standard InChI is InChI=1S/C25H33NO4/c1-17-9-8-10-20(15-17)18-11-13-19(14-12-18)22(27)26-21(16-29-24(2,3)4)23(28)30-25(5,6)7/h8-15,21H,16H2,1-7H3,(H,26,27)/t21-/m0/s1. The van der Waals surface area contributed by atoms with E-state index in [1.54, 1.807) is 32.9 Å². The quantitative estimate of drug-likeness (QED) is 0.686. The third-order valence-corrected chi connectivity index (χ3v) is 4.18. The number of carbonyl (C=O) groups is 2. The van der Waals surface area contributed by atoms with E-state index in [1.165, 1.54) is 5.56 Å². The van der Waals surface area contributed by atoms with Crippen molar-refractivity contribution in [3.8, 4) is 11.1 Å². The minimum atomic E-state index is -0.896. The molecule has 0 saturated heterocycles. The Kier molecular flexibility index (Phi) is 7.43. The van der Waals surface area contributed by atoms with E-state index in [0.29, 0.717) is 5.56 Å². The van der Waals surface area contributed by atoms with Crippen LogP contribution in [0.3, 0.4) is 0 Å². The number of rotatable bonds is 6. The van der Waals surface area contributed by atoms with E-state index in [-0.39, 0.29) is 12.5 Å². The molecule has 0 aromatic heterocycles. The molecule has 162 valence electrons. The first kappa shape index (κ1) is 23.6. The van der Waals surface area contributed by atoms with Crippen molar-refractivity contribution in [2.45, 2.75) is 65.7 Å². The smallest absolute Gasteiger partial charge is 0.331 e. The van der Waals surface area contributed by atoms with Crippen LogP contribution in [0.4, 0.5) is 0 Å². The summed E-state index contributed by atoms with van der Waals surface area (Å²) in [6.45, 7) is 13.1. The Morgan fingerprint density at radius 2 is 1.53 bits per heavy atom. The summed E-state index contributed by atoms with van der Waals surface area (Å²) in [4.78, 5) is 25.4. The molecule has 30 heavy (non-hydrogen) atoms. The maximum absolute atomic E-state index is 12.8. The molecular weight excluding hydrogens is 378 g/mol. The van der Waals surface area contributed by atoms with Crippen molar-refractivity contribution in [1.82, 2.24) is 5.32 Å². The highest BCUT2D eigenvalue weighted by molar-refractivity contribution is 5.97. The van der Waals surface area contributed by atoms with Gasteiger partial charge in [-0.3, -0.25) is 4.79 Å². The van der Waals surface area contributed by atoms with Crippen molar-refractivity contribution in [1.29, 1.82) is 0 Å². The lowest BCUT2D eigenvalue weighted by Gasteiger charge is -2.27. The molecule has 2 aromatic rings. The van der Waals surface area contributed by atoms with Gasteiger partial charge in [-0.15, -0.1) is 0 Å². The summed E-state index contributed by atoms with van der Waals surface area (Å²) in [6.07, 6.45) is 0. The SMILES string of the molecule is Cc1cccc(-c2ccc(C(=O)N[C@@H](COC(C)(C)C)C(=O)OC(C)(C)C)cc2)c1. The lowest BCUT2D eigenvalue weighted by Crippen LogP contribution is -2.48. The number of esters is 1. The largest absolute Gasteiger partial charge is 0.458 e. The van der Waals surface area contributed by atoms with Crippen LogP contribution in [0.15, 0.2) is 48.5 Å². The molecule has 2 aromatic carbocycles. The van der Waals surface area contributed by atoms with Gasteiger partial charge in [0.25, 0.3) is 5.91 Å². The lowest BCUT2D eigenvalue weighted by molar-refractivity contribution is -0.160. The summed E-state index contributed by atoms with van der Waals surface area (Å²) in [5, 5.41) is 2.76. The Balaban J connectivity index is 2.14. The number of hydrogen-bond donors (Lipinski definition) is 1. The molecule has 0 aliphatic heterocycles. The van der Waals surface area contributed by atoms with Crippen LogP contribution in [0.1, 0.15) is 57.5 Å². The molecular formula is C25H33NO4. The summed E-state index contributed by atoms with van der Waals surface area (Å²) in [5.74, 6) is -0.865. The molecule has 0 saturated carbocycles. The maximum Gasteiger partial charge on any atom is 0.331 e. The van der Waals surface area contributed by atoms with Gasteiger partial charge in [-0.2, -0.15) is 0 Å². The van der Waals surface area contributed by atoms with Gasteiger partial charge in [-0.1, -0.05) is 42.0 Å². The molecule has 1 N–H and O–H groups in total. The first-order valence-corrected chi connectivity index (χ1v) is 10.2. The number of amides is 1. The van der Waals surface area contributed by atoms with E-state index in [1.807, 2.05) is 58.0 Å². The zero-order valence-electron chi connectivity index (χ0n) is 19.0. The number of ether oxygens (including phenoxy) is 2. The molecule has 0 aliphatic carbocycles. The number of nitrogens with one attached hydrogen (secondary N) is 1. The van der Waals surface area contributed by atoms with Crippen LogP contribution in [-0.2, 0) is 14.3 Å². The summed E-state index contributed by atoms with van der Waals surface area (Å²) < 4.78 is 11.2. The van der Waals surface area contributed by atoms with Crippen molar-refractivity contribution in [3.63, 3.8) is 0 Å². The van der Waals surface area contributed by atoms with Gasteiger partial charge in [-0.25, -0.2) is 4.79 Å². The molecule has 1 amide bonds. The monoisotopic (exact) mass is 411 g/mol. The van der Waals surface area contributed by atoms with E-state index in [9.17, 15) is 9.59 Å². The lowest BCUT2D eigenvalue weighted by atomic mass is 10.0. The average molecular weight is 412 g/mol. The zero-order valence-corrected chi connectivity index (χ0v) is 19.0. The van der Waals surface area contributed by atoms with E-state index >= 15 is 0 Å². The summed E-state index contributed by atoms with van der Waals surface area (Å²) in [6, 6.07) is 14.6. The van der Waals surface area contributed by atoms with Crippen molar-refractivity contribution >= 4 is 11.9 Å². The van der Waals surface area contributed by atoms with Crippen LogP contribution in [0.25, 0.3) is 11.1 Å². The van der Waals surface area contributed by atoms with Gasteiger partial charge in [0.1, 0.15) is 5.60 Å². The fourth-order valence-electron chi connectivity index (χ4n) is 2.76. The molecule has 5 nitrogen and oxygen atoms in total. The van der Waals surface area contributed by atoms with Gasteiger partial charge >= 0.3 is 5.97 Å². The second-order valence-corrected chi connectivity index (χ2v) is 9.43. The molecule has 5 heteroatoms.